The van der Waals surface area contributed by atoms with Crippen molar-refractivity contribution < 1.29 is 4.79 Å². The van der Waals surface area contributed by atoms with Gasteiger partial charge in [0.1, 0.15) is 4.99 Å². The number of carbonyl (C=O) groups is 1. The number of benzene rings is 2. The fourth-order valence-electron chi connectivity index (χ4n) is 1.67. The van der Waals surface area contributed by atoms with Gasteiger partial charge in [0.2, 0.25) is 0 Å². The quantitative estimate of drug-likeness (QED) is 0.853. The molecule has 1 amide bonds. The van der Waals surface area contributed by atoms with E-state index >= 15 is 0 Å². The van der Waals surface area contributed by atoms with E-state index in [1.807, 2.05) is 19.1 Å². The van der Waals surface area contributed by atoms with E-state index in [9.17, 15) is 4.79 Å². The van der Waals surface area contributed by atoms with Crippen LogP contribution in [-0.2, 0) is 0 Å². The number of anilines is 1. The Morgan fingerprint density at radius 1 is 1.15 bits per heavy atom. The summed E-state index contributed by atoms with van der Waals surface area (Å²) in [5, 5.41) is 3.16. The number of hydrogen-bond donors (Lipinski definition) is 2. The summed E-state index contributed by atoms with van der Waals surface area (Å²) in [7, 11) is 0. The van der Waals surface area contributed by atoms with Crippen molar-refractivity contribution in [2.45, 2.75) is 6.92 Å². The highest BCUT2D eigenvalue weighted by Gasteiger charge is 2.09. The molecule has 0 spiro atoms. The Labute approximate surface area is 127 Å². The molecule has 0 unspecified atom stereocenters. The van der Waals surface area contributed by atoms with Crippen molar-refractivity contribution in [3.05, 3.63) is 64.2 Å². The highest BCUT2D eigenvalue weighted by atomic mass is 35.5. The Balaban J connectivity index is 2.19. The molecule has 0 saturated carbocycles. The lowest BCUT2D eigenvalue weighted by molar-refractivity contribution is 0.102. The van der Waals surface area contributed by atoms with Crippen LogP contribution >= 0.6 is 23.8 Å². The molecule has 0 aromatic heterocycles. The molecule has 20 heavy (non-hydrogen) atoms. The second-order valence-corrected chi connectivity index (χ2v) is 5.23. The first-order chi connectivity index (χ1) is 9.47. The molecular formula is C15H13ClN2OS. The van der Waals surface area contributed by atoms with E-state index in [0.29, 0.717) is 21.8 Å². The number of rotatable bonds is 3. The van der Waals surface area contributed by atoms with E-state index in [1.165, 1.54) is 0 Å². The number of thiocarbonyl (C=S) groups is 1. The number of nitrogens with one attached hydrogen (secondary N) is 1. The number of amides is 1. The van der Waals surface area contributed by atoms with Crippen LogP contribution in [0.15, 0.2) is 42.5 Å². The molecule has 2 aromatic rings. The van der Waals surface area contributed by atoms with Gasteiger partial charge in [-0.15, -0.1) is 0 Å². The smallest absolute Gasteiger partial charge is 0.255 e. The van der Waals surface area contributed by atoms with Gasteiger partial charge in [0.25, 0.3) is 5.91 Å². The Bertz CT molecular complexity index is 668. The minimum Gasteiger partial charge on any atom is -0.389 e. The molecule has 102 valence electrons. The monoisotopic (exact) mass is 304 g/mol. The van der Waals surface area contributed by atoms with Gasteiger partial charge in [-0.1, -0.05) is 41.5 Å². The fourth-order valence-corrected chi connectivity index (χ4v) is 2.02. The van der Waals surface area contributed by atoms with Crippen LogP contribution in [0, 0.1) is 6.92 Å². The van der Waals surface area contributed by atoms with E-state index in [4.69, 9.17) is 29.6 Å². The highest BCUT2D eigenvalue weighted by molar-refractivity contribution is 7.80. The maximum atomic E-state index is 12.1. The van der Waals surface area contributed by atoms with Crippen LogP contribution in [0.25, 0.3) is 0 Å². The molecule has 0 aliphatic rings. The zero-order valence-corrected chi connectivity index (χ0v) is 12.4. The maximum Gasteiger partial charge on any atom is 0.255 e. The van der Waals surface area contributed by atoms with E-state index in [2.05, 4.69) is 5.32 Å². The SMILES string of the molecule is Cc1ccc(C(=O)Nc2ccc(C(N)=S)cc2Cl)cc1. The van der Waals surface area contributed by atoms with Crippen LogP contribution < -0.4 is 11.1 Å². The third kappa shape index (κ3) is 3.35. The second kappa shape index (κ2) is 6.03. The highest BCUT2D eigenvalue weighted by Crippen LogP contribution is 2.23. The molecule has 0 fully saturated rings. The molecule has 0 radical (unpaired) electrons. The molecule has 0 aliphatic carbocycles. The van der Waals surface area contributed by atoms with Gasteiger partial charge < -0.3 is 11.1 Å². The van der Waals surface area contributed by atoms with Crippen molar-refractivity contribution in [3.63, 3.8) is 0 Å². The normalized spacial score (nSPS) is 10.1. The van der Waals surface area contributed by atoms with Gasteiger partial charge in [-0.05, 0) is 37.3 Å². The van der Waals surface area contributed by atoms with Crippen molar-refractivity contribution in [3.8, 4) is 0 Å². The summed E-state index contributed by atoms with van der Waals surface area (Å²) in [5.74, 6) is -0.213. The van der Waals surface area contributed by atoms with Crippen LogP contribution in [0.2, 0.25) is 5.02 Å². The summed E-state index contributed by atoms with van der Waals surface area (Å²) in [6.07, 6.45) is 0. The minimum absolute atomic E-state index is 0.213. The molecule has 5 heteroatoms. The average molecular weight is 305 g/mol. The molecule has 0 saturated heterocycles. The third-order valence-corrected chi connectivity index (χ3v) is 3.36. The summed E-state index contributed by atoms with van der Waals surface area (Å²) in [5.41, 5.74) is 8.39. The van der Waals surface area contributed by atoms with Crippen molar-refractivity contribution in [1.82, 2.24) is 0 Å². The van der Waals surface area contributed by atoms with Gasteiger partial charge in [-0.25, -0.2) is 0 Å². The Morgan fingerprint density at radius 3 is 2.30 bits per heavy atom. The van der Waals surface area contributed by atoms with Gasteiger partial charge in [-0.3, -0.25) is 4.79 Å². The predicted molar refractivity (Wildman–Crippen MR) is 86.5 cm³/mol. The first-order valence-electron chi connectivity index (χ1n) is 5.95. The number of carbonyl (C=O) groups excluding carboxylic acids is 1. The summed E-state index contributed by atoms with van der Waals surface area (Å²) in [6, 6.07) is 12.3. The van der Waals surface area contributed by atoms with Crippen LogP contribution in [0.4, 0.5) is 5.69 Å². The third-order valence-electron chi connectivity index (χ3n) is 2.82. The molecule has 3 nitrogen and oxygen atoms in total. The first kappa shape index (κ1) is 14.5. The second-order valence-electron chi connectivity index (χ2n) is 4.38. The van der Waals surface area contributed by atoms with E-state index in [0.717, 1.165) is 5.56 Å². The zero-order valence-electron chi connectivity index (χ0n) is 10.8. The van der Waals surface area contributed by atoms with Crippen molar-refractivity contribution in [1.29, 1.82) is 0 Å². The number of hydrogen-bond acceptors (Lipinski definition) is 2. The topological polar surface area (TPSA) is 55.1 Å². The lowest BCUT2D eigenvalue weighted by Crippen LogP contribution is -2.13. The molecular weight excluding hydrogens is 292 g/mol. The van der Waals surface area contributed by atoms with Crippen LogP contribution in [0.3, 0.4) is 0 Å². The number of nitrogens with two attached hydrogens (primary N) is 1. The number of aryl methyl sites for hydroxylation is 1. The van der Waals surface area contributed by atoms with Crippen molar-refractivity contribution in [2.75, 3.05) is 5.32 Å². The maximum absolute atomic E-state index is 12.1. The summed E-state index contributed by atoms with van der Waals surface area (Å²) >= 11 is 11.0. The van der Waals surface area contributed by atoms with Crippen molar-refractivity contribution in [2.24, 2.45) is 5.73 Å². The van der Waals surface area contributed by atoms with Gasteiger partial charge in [0.15, 0.2) is 0 Å². The van der Waals surface area contributed by atoms with Crippen LogP contribution in [0.5, 0.6) is 0 Å². The van der Waals surface area contributed by atoms with E-state index < -0.39 is 0 Å². The molecule has 3 N–H and O–H groups in total. The minimum atomic E-state index is -0.213. The standard InChI is InChI=1S/C15H13ClN2OS/c1-9-2-4-10(5-3-9)15(19)18-13-7-6-11(14(17)20)8-12(13)16/h2-8H,1H3,(H2,17,20)(H,18,19). The lowest BCUT2D eigenvalue weighted by Gasteiger charge is -2.09. The molecule has 0 aliphatic heterocycles. The van der Waals surface area contributed by atoms with E-state index in [-0.39, 0.29) is 10.9 Å². The molecule has 2 rings (SSSR count). The average Bonchev–Trinajstić information content (AvgIpc) is 2.41. The lowest BCUT2D eigenvalue weighted by atomic mass is 10.1. The molecule has 0 atom stereocenters. The summed E-state index contributed by atoms with van der Waals surface area (Å²) in [6.45, 7) is 1.97. The predicted octanol–water partition coefficient (Wildman–Crippen LogP) is 3.53. The largest absolute Gasteiger partial charge is 0.389 e. The molecule has 0 bridgehead atoms. The van der Waals surface area contributed by atoms with Crippen LogP contribution in [-0.4, -0.2) is 10.9 Å². The zero-order chi connectivity index (χ0) is 14.7. The Hall–Kier alpha value is -1.91. The van der Waals surface area contributed by atoms with Gasteiger partial charge >= 0.3 is 0 Å². The van der Waals surface area contributed by atoms with Crippen molar-refractivity contribution >= 4 is 40.4 Å². The summed E-state index contributed by atoms with van der Waals surface area (Å²) < 4.78 is 0. The first-order valence-corrected chi connectivity index (χ1v) is 6.73. The Kier molecular flexibility index (Phi) is 4.37. The van der Waals surface area contributed by atoms with Gasteiger partial charge in [0.05, 0.1) is 10.7 Å². The van der Waals surface area contributed by atoms with Gasteiger partial charge in [0, 0.05) is 11.1 Å². The summed E-state index contributed by atoms with van der Waals surface area (Å²) in [4.78, 5) is 12.3. The molecule has 2 aromatic carbocycles. The molecule has 0 heterocycles. The van der Waals surface area contributed by atoms with Crippen LogP contribution in [0.1, 0.15) is 21.5 Å². The fraction of sp³-hybridized carbons (Fsp3) is 0.0667. The van der Waals surface area contributed by atoms with Gasteiger partial charge in [-0.2, -0.15) is 0 Å². The Morgan fingerprint density at radius 2 is 1.75 bits per heavy atom. The van der Waals surface area contributed by atoms with E-state index in [1.54, 1.807) is 30.3 Å². The number of halogens is 1.